The Kier molecular flexibility index (Phi) is 4.87. The Morgan fingerprint density at radius 3 is 2.95 bits per heavy atom. The van der Waals surface area contributed by atoms with E-state index in [0.29, 0.717) is 5.56 Å². The first-order valence-corrected chi connectivity index (χ1v) is 6.72. The molecule has 0 spiro atoms. The molecule has 7 heteroatoms. The van der Waals surface area contributed by atoms with Crippen LogP contribution in [0.15, 0.2) is 29.6 Å². The van der Waals surface area contributed by atoms with Gasteiger partial charge in [-0.15, -0.1) is 11.3 Å². The lowest BCUT2D eigenvalue weighted by Crippen LogP contribution is -1.99. The maximum absolute atomic E-state index is 13.2. The summed E-state index contributed by atoms with van der Waals surface area (Å²) >= 11 is 1.36. The molecule has 2 aromatic rings. The van der Waals surface area contributed by atoms with Crippen molar-refractivity contribution in [1.82, 2.24) is 0 Å². The van der Waals surface area contributed by atoms with Gasteiger partial charge in [-0.25, -0.2) is 4.39 Å². The Labute approximate surface area is 123 Å². The predicted molar refractivity (Wildman–Crippen MR) is 75.7 cm³/mol. The maximum atomic E-state index is 13.2. The zero-order valence-corrected chi connectivity index (χ0v) is 11.5. The van der Waals surface area contributed by atoms with Crippen LogP contribution in [0.2, 0.25) is 0 Å². The number of halogens is 1. The molecular weight excluding hydrogens is 297 g/mol. The van der Waals surface area contributed by atoms with E-state index in [1.807, 2.05) is 0 Å². The lowest BCUT2D eigenvalue weighted by atomic mass is 10.2. The topological polar surface area (TPSA) is 72.6 Å². The molecule has 0 saturated heterocycles. The zero-order valence-electron chi connectivity index (χ0n) is 10.7. The molecule has 0 bridgehead atoms. The fourth-order valence-electron chi connectivity index (χ4n) is 1.60. The van der Waals surface area contributed by atoms with Crippen LogP contribution in [0.4, 0.5) is 10.1 Å². The second-order valence-electron chi connectivity index (χ2n) is 3.88. The van der Waals surface area contributed by atoms with Crippen LogP contribution in [0, 0.1) is 27.8 Å². The van der Waals surface area contributed by atoms with E-state index < -0.39 is 10.7 Å². The molecule has 0 aliphatic heterocycles. The second-order valence-corrected chi connectivity index (χ2v) is 4.88. The van der Waals surface area contributed by atoms with Crippen LogP contribution in [0.5, 0.6) is 5.75 Å². The number of nitro groups is 1. The van der Waals surface area contributed by atoms with Gasteiger partial charge in [-0.1, -0.05) is 11.8 Å². The number of thiophene rings is 1. The molecule has 108 valence electrons. The molecule has 0 aliphatic carbocycles. The highest BCUT2D eigenvalue weighted by Gasteiger charge is 2.16. The monoisotopic (exact) mass is 307 g/mol. The van der Waals surface area contributed by atoms with Gasteiger partial charge in [0.05, 0.1) is 9.80 Å². The summed E-state index contributed by atoms with van der Waals surface area (Å²) in [6.07, 6.45) is 0. The highest BCUT2D eigenvalue weighted by molar-refractivity contribution is 7.10. The van der Waals surface area contributed by atoms with Crippen molar-refractivity contribution in [2.24, 2.45) is 0 Å². The average molecular weight is 307 g/mol. The number of ether oxygens (including phenoxy) is 1. The van der Waals surface area contributed by atoms with Gasteiger partial charge in [-0.05, 0) is 17.5 Å². The van der Waals surface area contributed by atoms with Gasteiger partial charge in [0.1, 0.15) is 19.0 Å². The van der Waals surface area contributed by atoms with Crippen molar-refractivity contribution < 1.29 is 19.2 Å². The number of hydrogen-bond acceptors (Lipinski definition) is 5. The minimum atomic E-state index is -0.629. The van der Waals surface area contributed by atoms with Gasteiger partial charge < -0.3 is 9.84 Å². The number of aliphatic hydroxyl groups excluding tert-OH is 1. The molecule has 0 fully saturated rings. The highest BCUT2D eigenvalue weighted by atomic mass is 32.1. The molecule has 0 amide bonds. The van der Waals surface area contributed by atoms with Gasteiger partial charge in [-0.3, -0.25) is 10.1 Å². The third-order valence-corrected chi connectivity index (χ3v) is 3.42. The summed E-state index contributed by atoms with van der Waals surface area (Å²) in [7, 11) is 0. The zero-order chi connectivity index (χ0) is 15.2. The molecule has 0 saturated carbocycles. The quantitative estimate of drug-likeness (QED) is 0.535. The van der Waals surface area contributed by atoms with Crippen molar-refractivity contribution in [1.29, 1.82) is 0 Å². The summed E-state index contributed by atoms with van der Waals surface area (Å²) in [4.78, 5) is 11.0. The maximum Gasteiger partial charge on any atom is 0.311 e. The van der Waals surface area contributed by atoms with Crippen LogP contribution in [0.3, 0.4) is 0 Å². The van der Waals surface area contributed by atoms with Crippen molar-refractivity contribution in [3.05, 3.63) is 56.0 Å². The summed E-state index contributed by atoms with van der Waals surface area (Å²) in [6, 6.07) is 4.80. The summed E-state index contributed by atoms with van der Waals surface area (Å²) < 4.78 is 18.5. The lowest BCUT2D eigenvalue weighted by molar-refractivity contribution is -0.386. The van der Waals surface area contributed by atoms with E-state index in [2.05, 4.69) is 11.8 Å². The Morgan fingerprint density at radius 2 is 2.24 bits per heavy atom. The molecule has 1 heterocycles. The van der Waals surface area contributed by atoms with Crippen molar-refractivity contribution in [3.63, 3.8) is 0 Å². The molecule has 0 aliphatic rings. The van der Waals surface area contributed by atoms with Crippen LogP contribution in [0.25, 0.3) is 0 Å². The number of aliphatic hydroxyl groups is 1. The van der Waals surface area contributed by atoms with Gasteiger partial charge in [-0.2, -0.15) is 0 Å². The third-order valence-electron chi connectivity index (χ3n) is 2.52. The molecule has 1 aromatic carbocycles. The standard InChI is InChI=1S/C14H10FNO4S/c15-11-3-4-12(16(18)19)13(8-11)20-9-14-10(2-1-6-17)5-7-21-14/h3-5,7-8,17H,6,9H2. The molecule has 1 N–H and O–H groups in total. The first kappa shape index (κ1) is 15.0. The molecule has 5 nitrogen and oxygen atoms in total. The van der Waals surface area contributed by atoms with Gasteiger partial charge in [0, 0.05) is 17.7 Å². The van der Waals surface area contributed by atoms with E-state index in [4.69, 9.17) is 9.84 Å². The van der Waals surface area contributed by atoms with Crippen LogP contribution in [-0.2, 0) is 6.61 Å². The fourth-order valence-corrected chi connectivity index (χ4v) is 2.34. The van der Waals surface area contributed by atoms with E-state index in [9.17, 15) is 14.5 Å². The van der Waals surface area contributed by atoms with Crippen molar-refractivity contribution >= 4 is 17.0 Å². The van der Waals surface area contributed by atoms with Crippen LogP contribution in [-0.4, -0.2) is 16.6 Å². The van der Waals surface area contributed by atoms with Crippen molar-refractivity contribution in [2.75, 3.05) is 6.61 Å². The largest absolute Gasteiger partial charge is 0.481 e. The normalized spacial score (nSPS) is 9.81. The van der Waals surface area contributed by atoms with Gasteiger partial charge in [0.25, 0.3) is 0 Å². The van der Waals surface area contributed by atoms with E-state index >= 15 is 0 Å². The Morgan fingerprint density at radius 1 is 1.43 bits per heavy atom. The molecule has 0 atom stereocenters. The van der Waals surface area contributed by atoms with Crippen LogP contribution < -0.4 is 4.74 Å². The second kappa shape index (κ2) is 6.83. The van der Waals surface area contributed by atoms with Gasteiger partial charge in [0.15, 0.2) is 5.75 Å². The number of nitro benzene ring substituents is 1. The molecule has 0 radical (unpaired) electrons. The summed E-state index contributed by atoms with van der Waals surface area (Å²) in [5, 5.41) is 21.3. The predicted octanol–water partition coefficient (Wildman–Crippen LogP) is 2.72. The smallest absolute Gasteiger partial charge is 0.311 e. The SMILES string of the molecule is O=[N+]([O-])c1ccc(F)cc1OCc1sccc1C#CCO. The van der Waals surface area contributed by atoms with Crippen LogP contribution >= 0.6 is 11.3 Å². The minimum Gasteiger partial charge on any atom is -0.481 e. The first-order valence-electron chi connectivity index (χ1n) is 5.84. The van der Waals surface area contributed by atoms with E-state index in [1.165, 1.54) is 11.3 Å². The Balaban J connectivity index is 2.19. The molecule has 2 rings (SSSR count). The Bertz CT molecular complexity index is 717. The summed E-state index contributed by atoms with van der Waals surface area (Å²) in [5.74, 6) is 4.53. The van der Waals surface area contributed by atoms with Gasteiger partial charge >= 0.3 is 5.69 Å². The molecule has 21 heavy (non-hydrogen) atoms. The first-order chi connectivity index (χ1) is 10.1. The average Bonchev–Trinajstić information content (AvgIpc) is 2.90. The summed E-state index contributed by atoms with van der Waals surface area (Å²) in [6.45, 7) is -0.219. The molecule has 1 aromatic heterocycles. The fraction of sp³-hybridized carbons (Fsp3) is 0.143. The minimum absolute atomic E-state index is 0.0391. The highest BCUT2D eigenvalue weighted by Crippen LogP contribution is 2.29. The third kappa shape index (κ3) is 3.78. The number of nitrogens with zero attached hydrogens (tertiary/aromatic N) is 1. The lowest BCUT2D eigenvalue weighted by Gasteiger charge is -2.06. The van der Waals surface area contributed by atoms with Crippen molar-refractivity contribution in [3.8, 4) is 17.6 Å². The Hall–Kier alpha value is -2.43. The van der Waals surface area contributed by atoms with Gasteiger partial charge in [0.2, 0.25) is 0 Å². The molecular formula is C14H10FNO4S. The van der Waals surface area contributed by atoms with E-state index in [1.54, 1.807) is 11.4 Å². The van der Waals surface area contributed by atoms with E-state index in [0.717, 1.165) is 23.1 Å². The summed E-state index contributed by atoms with van der Waals surface area (Å²) in [5.41, 5.74) is 0.379. The van der Waals surface area contributed by atoms with Crippen LogP contribution in [0.1, 0.15) is 10.4 Å². The molecule has 0 unspecified atom stereocenters. The van der Waals surface area contributed by atoms with Crippen molar-refractivity contribution in [2.45, 2.75) is 6.61 Å². The number of hydrogen-bond donors (Lipinski definition) is 1. The van der Waals surface area contributed by atoms with E-state index in [-0.39, 0.29) is 24.7 Å². The number of rotatable bonds is 4. The number of benzene rings is 1.